The summed E-state index contributed by atoms with van der Waals surface area (Å²) in [5.41, 5.74) is 2.71. The zero-order valence-electron chi connectivity index (χ0n) is 6.92. The van der Waals surface area contributed by atoms with Gasteiger partial charge >= 0.3 is 0 Å². The number of amides is 1. The molecule has 0 spiro atoms. The standard InChI is InChI=1S/C9H10N2O/c1-6-2-4-10-7-3-5-11-9(12)8(6)7/h2,4H,3,5H2,1H3,(H,11,12). The van der Waals surface area contributed by atoms with Crippen LogP contribution < -0.4 is 5.32 Å². The third-order valence-corrected chi connectivity index (χ3v) is 2.11. The fourth-order valence-electron chi connectivity index (χ4n) is 1.50. The van der Waals surface area contributed by atoms with Crippen LogP contribution in [-0.4, -0.2) is 17.4 Å². The first-order valence-electron chi connectivity index (χ1n) is 4.02. The number of hydrogen-bond acceptors (Lipinski definition) is 2. The Balaban J connectivity index is 2.60. The Hall–Kier alpha value is -1.38. The molecule has 1 aromatic heterocycles. The van der Waals surface area contributed by atoms with Gasteiger partial charge < -0.3 is 5.32 Å². The highest BCUT2D eigenvalue weighted by atomic mass is 16.1. The van der Waals surface area contributed by atoms with E-state index in [1.54, 1.807) is 6.20 Å². The molecule has 62 valence electrons. The van der Waals surface area contributed by atoms with E-state index in [9.17, 15) is 4.79 Å². The van der Waals surface area contributed by atoms with E-state index in [1.165, 1.54) is 0 Å². The van der Waals surface area contributed by atoms with Crippen molar-refractivity contribution in [1.82, 2.24) is 10.3 Å². The van der Waals surface area contributed by atoms with E-state index >= 15 is 0 Å². The van der Waals surface area contributed by atoms with Crippen molar-refractivity contribution in [2.45, 2.75) is 13.3 Å². The van der Waals surface area contributed by atoms with Crippen LogP contribution in [0.25, 0.3) is 0 Å². The Labute approximate surface area is 70.8 Å². The molecule has 0 aromatic carbocycles. The minimum atomic E-state index is 0.0156. The average Bonchev–Trinajstić information content (AvgIpc) is 2.04. The van der Waals surface area contributed by atoms with Crippen LogP contribution in [0.15, 0.2) is 12.3 Å². The van der Waals surface area contributed by atoms with Gasteiger partial charge in [-0.15, -0.1) is 0 Å². The average molecular weight is 162 g/mol. The molecule has 3 heteroatoms. The Bertz CT molecular complexity index is 333. The number of aryl methyl sites for hydroxylation is 1. The number of carbonyl (C=O) groups excluding carboxylic acids is 1. The van der Waals surface area contributed by atoms with Crippen LogP contribution in [0.5, 0.6) is 0 Å². The lowest BCUT2D eigenvalue weighted by atomic mass is 10.0. The van der Waals surface area contributed by atoms with E-state index in [-0.39, 0.29) is 5.91 Å². The Morgan fingerprint density at radius 1 is 1.58 bits per heavy atom. The molecule has 1 N–H and O–H groups in total. The van der Waals surface area contributed by atoms with E-state index < -0.39 is 0 Å². The summed E-state index contributed by atoms with van der Waals surface area (Å²) >= 11 is 0. The number of rotatable bonds is 0. The van der Waals surface area contributed by atoms with Gasteiger partial charge in [0.15, 0.2) is 0 Å². The van der Waals surface area contributed by atoms with Crippen LogP contribution in [-0.2, 0) is 6.42 Å². The molecular weight excluding hydrogens is 152 g/mol. The van der Waals surface area contributed by atoms with Crippen molar-refractivity contribution in [3.63, 3.8) is 0 Å². The van der Waals surface area contributed by atoms with E-state index in [0.717, 1.165) is 23.2 Å². The third kappa shape index (κ3) is 0.978. The predicted molar refractivity (Wildman–Crippen MR) is 45.0 cm³/mol. The van der Waals surface area contributed by atoms with Gasteiger partial charge in [0.2, 0.25) is 0 Å². The number of aromatic nitrogens is 1. The highest BCUT2D eigenvalue weighted by Gasteiger charge is 2.18. The summed E-state index contributed by atoms with van der Waals surface area (Å²) < 4.78 is 0. The van der Waals surface area contributed by atoms with E-state index in [4.69, 9.17) is 0 Å². The first kappa shape index (κ1) is 7.28. The zero-order chi connectivity index (χ0) is 8.55. The first-order chi connectivity index (χ1) is 5.79. The van der Waals surface area contributed by atoms with E-state index in [0.29, 0.717) is 6.54 Å². The van der Waals surface area contributed by atoms with Crippen LogP contribution >= 0.6 is 0 Å². The fraction of sp³-hybridized carbons (Fsp3) is 0.333. The maximum absolute atomic E-state index is 11.4. The van der Waals surface area contributed by atoms with Gasteiger partial charge in [-0.25, -0.2) is 0 Å². The molecule has 0 bridgehead atoms. The second kappa shape index (κ2) is 2.59. The number of hydrogen-bond donors (Lipinski definition) is 1. The smallest absolute Gasteiger partial charge is 0.253 e. The maximum atomic E-state index is 11.4. The number of fused-ring (bicyclic) bond motifs is 1. The summed E-state index contributed by atoms with van der Waals surface area (Å²) in [6.07, 6.45) is 2.61. The molecule has 0 atom stereocenters. The molecule has 0 fully saturated rings. The second-order valence-corrected chi connectivity index (χ2v) is 2.96. The van der Waals surface area contributed by atoms with Gasteiger partial charge in [0.05, 0.1) is 11.3 Å². The number of nitrogens with zero attached hydrogens (tertiary/aromatic N) is 1. The van der Waals surface area contributed by atoms with Crippen molar-refractivity contribution in [3.05, 3.63) is 29.1 Å². The predicted octanol–water partition coefficient (Wildman–Crippen LogP) is 0.676. The molecule has 3 nitrogen and oxygen atoms in total. The summed E-state index contributed by atoms with van der Waals surface area (Å²) in [6, 6.07) is 1.86. The Kier molecular flexibility index (Phi) is 1.57. The number of pyridine rings is 1. The van der Waals surface area contributed by atoms with Crippen LogP contribution in [0.1, 0.15) is 21.6 Å². The maximum Gasteiger partial charge on any atom is 0.253 e. The molecule has 0 saturated carbocycles. The van der Waals surface area contributed by atoms with Crippen molar-refractivity contribution in [1.29, 1.82) is 0 Å². The van der Waals surface area contributed by atoms with Crippen molar-refractivity contribution in [2.24, 2.45) is 0 Å². The van der Waals surface area contributed by atoms with E-state index in [2.05, 4.69) is 10.3 Å². The highest BCUT2D eigenvalue weighted by Crippen LogP contribution is 2.14. The van der Waals surface area contributed by atoms with Crippen molar-refractivity contribution < 1.29 is 4.79 Å². The second-order valence-electron chi connectivity index (χ2n) is 2.96. The Morgan fingerprint density at radius 3 is 3.17 bits per heavy atom. The quantitative estimate of drug-likeness (QED) is 0.609. The Morgan fingerprint density at radius 2 is 2.42 bits per heavy atom. The number of carbonyl (C=O) groups is 1. The molecule has 0 unspecified atom stereocenters. The normalized spacial score (nSPS) is 15.2. The monoisotopic (exact) mass is 162 g/mol. The molecule has 2 rings (SSSR count). The lowest BCUT2D eigenvalue weighted by Crippen LogP contribution is -2.33. The molecule has 0 saturated heterocycles. The first-order valence-corrected chi connectivity index (χ1v) is 4.02. The summed E-state index contributed by atoms with van der Waals surface area (Å²) in [4.78, 5) is 15.5. The molecule has 1 amide bonds. The molecule has 1 aliphatic rings. The molecule has 1 aliphatic heterocycles. The molecule has 0 aliphatic carbocycles. The molecule has 1 aromatic rings. The summed E-state index contributed by atoms with van der Waals surface area (Å²) in [5.74, 6) is 0.0156. The lowest BCUT2D eigenvalue weighted by Gasteiger charge is -2.16. The van der Waals surface area contributed by atoms with E-state index in [1.807, 2.05) is 13.0 Å². The third-order valence-electron chi connectivity index (χ3n) is 2.11. The van der Waals surface area contributed by atoms with Crippen LogP contribution in [0.2, 0.25) is 0 Å². The largest absolute Gasteiger partial charge is 0.352 e. The minimum Gasteiger partial charge on any atom is -0.352 e. The SMILES string of the molecule is Cc1ccnc2c1C(=O)NCC2. The van der Waals surface area contributed by atoms with Crippen LogP contribution in [0.4, 0.5) is 0 Å². The lowest BCUT2D eigenvalue weighted by molar-refractivity contribution is 0.0944. The minimum absolute atomic E-state index is 0.0156. The number of nitrogens with one attached hydrogen (secondary N) is 1. The van der Waals surface area contributed by atoms with Crippen molar-refractivity contribution in [3.8, 4) is 0 Å². The van der Waals surface area contributed by atoms with Gasteiger partial charge in [-0.1, -0.05) is 0 Å². The molecule has 0 radical (unpaired) electrons. The van der Waals surface area contributed by atoms with Gasteiger partial charge in [0, 0.05) is 19.2 Å². The summed E-state index contributed by atoms with van der Waals surface area (Å²) in [7, 11) is 0. The van der Waals surface area contributed by atoms with Crippen molar-refractivity contribution >= 4 is 5.91 Å². The van der Waals surface area contributed by atoms with Crippen molar-refractivity contribution in [2.75, 3.05) is 6.54 Å². The molecule has 2 heterocycles. The van der Waals surface area contributed by atoms with Gasteiger partial charge in [-0.05, 0) is 18.6 Å². The van der Waals surface area contributed by atoms with Gasteiger partial charge in [-0.2, -0.15) is 0 Å². The molecular formula is C9H10N2O. The summed E-state index contributed by atoms with van der Waals surface area (Å²) in [6.45, 7) is 2.65. The molecule has 12 heavy (non-hydrogen) atoms. The topological polar surface area (TPSA) is 42.0 Å². The van der Waals surface area contributed by atoms with Gasteiger partial charge in [0.1, 0.15) is 0 Å². The summed E-state index contributed by atoms with van der Waals surface area (Å²) in [5, 5.41) is 2.80. The van der Waals surface area contributed by atoms with Gasteiger partial charge in [0.25, 0.3) is 5.91 Å². The highest BCUT2D eigenvalue weighted by molar-refractivity contribution is 5.97. The van der Waals surface area contributed by atoms with Crippen LogP contribution in [0, 0.1) is 6.92 Å². The van der Waals surface area contributed by atoms with Gasteiger partial charge in [-0.3, -0.25) is 9.78 Å². The zero-order valence-corrected chi connectivity index (χ0v) is 6.92. The van der Waals surface area contributed by atoms with Crippen LogP contribution in [0.3, 0.4) is 0 Å². The fourth-order valence-corrected chi connectivity index (χ4v) is 1.50.